The van der Waals surface area contributed by atoms with Gasteiger partial charge in [0.25, 0.3) is 5.56 Å². The Balaban J connectivity index is 0.888. The number of para-hydroxylation sites is 1. The first-order chi connectivity index (χ1) is 32.1. The van der Waals surface area contributed by atoms with Crippen LogP contribution in [-0.4, -0.2) is 126 Å². The Bertz CT molecular complexity index is 2430. The number of esters is 1. The molecule has 0 spiro atoms. The van der Waals surface area contributed by atoms with Crippen molar-refractivity contribution >= 4 is 16.9 Å². The van der Waals surface area contributed by atoms with Crippen LogP contribution >= 0.6 is 0 Å². The van der Waals surface area contributed by atoms with Gasteiger partial charge in [-0.3, -0.25) is 4.79 Å². The summed E-state index contributed by atoms with van der Waals surface area (Å²) in [5.74, 6) is -0.544. The van der Waals surface area contributed by atoms with Gasteiger partial charge in [0.1, 0.15) is 13.3 Å². The van der Waals surface area contributed by atoms with Gasteiger partial charge in [-0.15, -0.1) is 10.2 Å². The molecule has 2 aliphatic rings. The van der Waals surface area contributed by atoms with Gasteiger partial charge in [0, 0.05) is 60.6 Å². The van der Waals surface area contributed by atoms with Crippen molar-refractivity contribution in [2.24, 2.45) is 10.8 Å². The first-order valence-corrected chi connectivity index (χ1v) is 23.2. The molecule has 0 radical (unpaired) electrons. The molecule has 1 aromatic carbocycles. The summed E-state index contributed by atoms with van der Waals surface area (Å²) in [6.45, 7) is 14.3. The molecule has 4 aromatic heterocycles. The van der Waals surface area contributed by atoms with Crippen LogP contribution < -0.4 is 5.56 Å². The van der Waals surface area contributed by atoms with Crippen LogP contribution in [0.1, 0.15) is 81.5 Å². The highest BCUT2D eigenvalue weighted by Gasteiger charge is 2.48. The van der Waals surface area contributed by atoms with E-state index in [1.54, 1.807) is 34.3 Å². The summed E-state index contributed by atoms with van der Waals surface area (Å²) in [5.41, 5.74) is 3.48. The molecule has 0 fully saturated rings. The number of hydrogen-bond donors (Lipinski definition) is 0. The average molecular weight is 915 g/mol. The van der Waals surface area contributed by atoms with E-state index in [0.717, 1.165) is 52.8 Å². The second-order valence-corrected chi connectivity index (χ2v) is 17.5. The van der Waals surface area contributed by atoms with E-state index in [9.17, 15) is 9.59 Å². The fourth-order valence-corrected chi connectivity index (χ4v) is 8.66. The average Bonchev–Trinajstić information content (AvgIpc) is 4.09. The summed E-state index contributed by atoms with van der Waals surface area (Å²) in [6.07, 6.45) is 7.74. The minimum absolute atomic E-state index is 0.0804. The van der Waals surface area contributed by atoms with Crippen LogP contribution in [0.5, 0.6) is 0 Å². The van der Waals surface area contributed by atoms with E-state index in [0.29, 0.717) is 109 Å². The number of benzene rings is 1. The first kappa shape index (κ1) is 49.0. The van der Waals surface area contributed by atoms with Crippen molar-refractivity contribution in [3.63, 3.8) is 0 Å². The Morgan fingerprint density at radius 3 is 2.14 bits per heavy atom. The second kappa shape index (κ2) is 22.7. The Morgan fingerprint density at radius 2 is 1.42 bits per heavy atom. The predicted octanol–water partition coefficient (Wildman–Crippen LogP) is 5.29. The standard InChI is InChI=1S/C48H66N8O10/c1-7-46(8-2,31-64-33-47(9-3,29-60-6)32-63-19-15-37-26-54(52-50-37)17-20-61-22-21-59-5)30-62-18-16-38-27-55(53-51-38)34-66-48(10-4)40-24-42-43-36(23-35-13-11-12-14-41(35)49-43)25-56(42)44(57)39(40)28-65-45(48)58/h11-14,23-24,26-27H,7-10,15-22,25,28-34H2,1-6H3/t47?,48-/m0/s1. The highest BCUT2D eigenvalue weighted by atomic mass is 16.6. The number of fused-ring (bicyclic) bond motifs is 5. The number of pyridine rings is 2. The van der Waals surface area contributed by atoms with Gasteiger partial charge < -0.3 is 42.5 Å². The third-order valence-corrected chi connectivity index (χ3v) is 13.2. The van der Waals surface area contributed by atoms with Gasteiger partial charge in [-0.25, -0.2) is 19.1 Å². The Morgan fingerprint density at radius 1 is 0.742 bits per heavy atom. The minimum Gasteiger partial charge on any atom is -0.458 e. The van der Waals surface area contributed by atoms with Crippen LogP contribution in [0.15, 0.2) is 53.6 Å². The van der Waals surface area contributed by atoms with Gasteiger partial charge in [0.05, 0.1) is 119 Å². The maximum atomic E-state index is 14.0. The predicted molar refractivity (Wildman–Crippen MR) is 244 cm³/mol. The Hall–Kier alpha value is -4.95. The van der Waals surface area contributed by atoms with E-state index in [-0.39, 0.29) is 36.1 Å². The zero-order valence-corrected chi connectivity index (χ0v) is 39.4. The lowest BCUT2D eigenvalue weighted by atomic mass is 9.83. The molecular weight excluding hydrogens is 849 g/mol. The maximum Gasteiger partial charge on any atom is 0.343 e. The van der Waals surface area contributed by atoms with Crippen LogP contribution in [-0.2, 0) is 87.6 Å². The van der Waals surface area contributed by atoms with Crippen molar-refractivity contribution in [3.8, 4) is 11.4 Å². The molecule has 0 saturated heterocycles. The fraction of sp³-hybridized carbons (Fsp3) is 0.604. The molecule has 5 aromatic rings. The maximum absolute atomic E-state index is 14.0. The number of rotatable bonds is 29. The SMILES string of the molecule is CCC(CC)(COCCc1cn(CO[C@]2(CC)C(=O)OCc3c2cc2n(c3=O)Cc3cc4ccccc4nc3-2)nn1)COCC(CC)(COC)COCCc1cn(CCOCCOC)nn1. The van der Waals surface area contributed by atoms with E-state index in [1.165, 1.54) is 0 Å². The molecule has 358 valence electrons. The van der Waals surface area contributed by atoms with E-state index in [1.807, 2.05) is 43.5 Å². The lowest BCUT2D eigenvalue weighted by Crippen LogP contribution is -2.46. The molecule has 2 atom stereocenters. The minimum atomic E-state index is -1.51. The number of carbonyl (C=O) groups is 1. The number of nitrogens with zero attached hydrogens (tertiary/aromatic N) is 8. The van der Waals surface area contributed by atoms with Gasteiger partial charge in [0.2, 0.25) is 0 Å². The molecule has 1 unspecified atom stereocenters. The molecule has 0 amide bonds. The van der Waals surface area contributed by atoms with Crippen molar-refractivity contribution in [2.75, 3.05) is 80.3 Å². The molecule has 0 aliphatic carbocycles. The van der Waals surface area contributed by atoms with E-state index in [4.69, 9.17) is 42.9 Å². The molecule has 0 N–H and O–H groups in total. The van der Waals surface area contributed by atoms with Crippen LogP contribution in [0.25, 0.3) is 22.3 Å². The third kappa shape index (κ3) is 11.1. The Kier molecular flexibility index (Phi) is 16.8. The van der Waals surface area contributed by atoms with Gasteiger partial charge in [-0.2, -0.15) is 0 Å². The summed E-state index contributed by atoms with van der Waals surface area (Å²) < 4.78 is 52.3. The molecule has 18 heteroatoms. The quantitative estimate of drug-likeness (QED) is 0.0436. The van der Waals surface area contributed by atoms with Gasteiger partial charge >= 0.3 is 5.97 Å². The lowest BCUT2D eigenvalue weighted by molar-refractivity contribution is -0.188. The fourth-order valence-electron chi connectivity index (χ4n) is 8.66. The topological polar surface area (TPSA) is 187 Å². The summed E-state index contributed by atoms with van der Waals surface area (Å²) in [7, 11) is 3.36. The molecular formula is C48H66N8O10. The summed E-state index contributed by atoms with van der Waals surface area (Å²) in [4.78, 5) is 32.5. The monoisotopic (exact) mass is 914 g/mol. The van der Waals surface area contributed by atoms with E-state index in [2.05, 4.69) is 47.5 Å². The summed E-state index contributed by atoms with van der Waals surface area (Å²) in [5, 5.41) is 18.1. The molecule has 0 saturated carbocycles. The number of cyclic esters (lactones) is 1. The zero-order valence-electron chi connectivity index (χ0n) is 39.4. The number of aromatic nitrogens is 8. The molecule has 18 nitrogen and oxygen atoms in total. The highest BCUT2D eigenvalue weighted by Crippen LogP contribution is 2.41. The summed E-state index contributed by atoms with van der Waals surface area (Å²) in [6, 6.07) is 11.8. The molecule has 66 heavy (non-hydrogen) atoms. The van der Waals surface area contributed by atoms with Gasteiger partial charge in [0.15, 0.2) is 5.60 Å². The van der Waals surface area contributed by atoms with Crippen molar-refractivity contribution in [1.29, 1.82) is 0 Å². The lowest BCUT2D eigenvalue weighted by Gasteiger charge is -2.36. The number of carbonyl (C=O) groups excluding carboxylic acids is 1. The number of methoxy groups -OCH3 is 2. The van der Waals surface area contributed by atoms with Crippen molar-refractivity contribution < 1.29 is 42.7 Å². The molecule has 2 aliphatic heterocycles. The normalized spacial score (nSPS) is 16.6. The van der Waals surface area contributed by atoms with Crippen molar-refractivity contribution in [2.45, 2.75) is 98.2 Å². The van der Waals surface area contributed by atoms with Crippen LogP contribution in [0, 0.1) is 10.8 Å². The van der Waals surface area contributed by atoms with E-state index >= 15 is 0 Å². The largest absolute Gasteiger partial charge is 0.458 e. The zero-order chi connectivity index (χ0) is 46.6. The van der Waals surface area contributed by atoms with Gasteiger partial charge in [-0.05, 0) is 43.9 Å². The van der Waals surface area contributed by atoms with Crippen LogP contribution in [0.3, 0.4) is 0 Å². The molecule has 0 bridgehead atoms. The molecule has 6 heterocycles. The van der Waals surface area contributed by atoms with E-state index < -0.39 is 11.6 Å². The summed E-state index contributed by atoms with van der Waals surface area (Å²) >= 11 is 0. The second-order valence-electron chi connectivity index (χ2n) is 17.5. The third-order valence-electron chi connectivity index (χ3n) is 13.2. The highest BCUT2D eigenvalue weighted by molar-refractivity contribution is 5.86. The Labute approximate surface area is 386 Å². The van der Waals surface area contributed by atoms with Crippen molar-refractivity contribution in [1.82, 2.24) is 39.5 Å². The van der Waals surface area contributed by atoms with Crippen LogP contribution in [0.4, 0.5) is 0 Å². The number of ether oxygens (including phenoxy) is 8. The van der Waals surface area contributed by atoms with Crippen LogP contribution in [0.2, 0.25) is 0 Å². The first-order valence-electron chi connectivity index (χ1n) is 23.2. The molecule has 7 rings (SSSR count). The van der Waals surface area contributed by atoms with Crippen molar-refractivity contribution in [3.05, 3.63) is 87.2 Å². The smallest absolute Gasteiger partial charge is 0.343 e. The number of hydrogen-bond acceptors (Lipinski definition) is 15. The van der Waals surface area contributed by atoms with Gasteiger partial charge in [-0.1, -0.05) is 56.3 Å².